The molecule has 1 saturated carbocycles. The van der Waals surface area contributed by atoms with Crippen LogP contribution in [0.2, 0.25) is 0 Å². The van der Waals surface area contributed by atoms with Crippen LogP contribution in [0.15, 0.2) is 29.1 Å². The van der Waals surface area contributed by atoms with Crippen LogP contribution in [0.1, 0.15) is 31.8 Å². The lowest BCUT2D eigenvalue weighted by atomic mass is 9.80. The second kappa shape index (κ2) is 4.23. The molecule has 1 aromatic heterocycles. The van der Waals surface area contributed by atoms with Crippen LogP contribution >= 0.6 is 0 Å². The molecule has 2 fully saturated rings. The maximum Gasteiger partial charge on any atom is 0.272 e. The monoisotopic (exact) mass is 257 g/mol. The number of hydrogen-bond donors (Lipinski definition) is 2. The summed E-state index contributed by atoms with van der Waals surface area (Å²) in [7, 11) is 0. The molecule has 1 aliphatic heterocycles. The number of aromatic amines is 1. The molecule has 4 nitrogen and oxygen atoms in total. The number of aromatic nitrogens is 2. The SMILES string of the molecule is O=c1[nH]n(C2NCC3CCCCC32)c2ccccc12. The molecule has 1 aromatic carbocycles. The number of hydrogen-bond acceptors (Lipinski definition) is 2. The van der Waals surface area contributed by atoms with Crippen LogP contribution in [0.25, 0.3) is 10.9 Å². The summed E-state index contributed by atoms with van der Waals surface area (Å²) < 4.78 is 2.06. The quantitative estimate of drug-likeness (QED) is 0.823. The van der Waals surface area contributed by atoms with Crippen molar-refractivity contribution in [2.24, 2.45) is 11.8 Å². The van der Waals surface area contributed by atoms with Crippen LogP contribution in [0.5, 0.6) is 0 Å². The summed E-state index contributed by atoms with van der Waals surface area (Å²) in [5, 5.41) is 7.43. The van der Waals surface area contributed by atoms with Gasteiger partial charge in [-0.15, -0.1) is 0 Å². The van der Waals surface area contributed by atoms with Crippen molar-refractivity contribution in [2.45, 2.75) is 31.8 Å². The molecule has 1 aliphatic carbocycles. The maximum atomic E-state index is 12.0. The van der Waals surface area contributed by atoms with E-state index in [0.717, 1.165) is 23.4 Å². The normalized spacial score (nSPS) is 30.6. The zero-order chi connectivity index (χ0) is 12.8. The summed E-state index contributed by atoms with van der Waals surface area (Å²) in [6.45, 7) is 1.09. The number of benzene rings is 1. The largest absolute Gasteiger partial charge is 0.295 e. The van der Waals surface area contributed by atoms with Crippen LogP contribution in [-0.4, -0.2) is 16.3 Å². The van der Waals surface area contributed by atoms with E-state index >= 15 is 0 Å². The highest BCUT2D eigenvalue weighted by Gasteiger charge is 2.38. The predicted octanol–water partition coefficient (Wildman–Crippen LogP) is 2.24. The van der Waals surface area contributed by atoms with Gasteiger partial charge in [-0.3, -0.25) is 19.9 Å². The highest BCUT2D eigenvalue weighted by atomic mass is 16.1. The van der Waals surface area contributed by atoms with E-state index in [1.807, 2.05) is 24.3 Å². The molecule has 100 valence electrons. The highest BCUT2D eigenvalue weighted by Crippen LogP contribution is 2.40. The van der Waals surface area contributed by atoms with Gasteiger partial charge in [0.05, 0.1) is 10.9 Å². The molecule has 19 heavy (non-hydrogen) atoms. The van der Waals surface area contributed by atoms with E-state index in [1.165, 1.54) is 25.7 Å². The van der Waals surface area contributed by atoms with E-state index in [0.29, 0.717) is 5.92 Å². The Hall–Kier alpha value is -1.55. The van der Waals surface area contributed by atoms with Gasteiger partial charge in [-0.25, -0.2) is 0 Å². The van der Waals surface area contributed by atoms with Crippen molar-refractivity contribution in [2.75, 3.05) is 6.54 Å². The first kappa shape index (κ1) is 11.3. The van der Waals surface area contributed by atoms with Gasteiger partial charge in [0.15, 0.2) is 0 Å². The molecule has 0 radical (unpaired) electrons. The molecular formula is C15H19N3O. The number of H-pyrrole nitrogens is 1. The van der Waals surface area contributed by atoms with Crippen LogP contribution in [-0.2, 0) is 0 Å². The Kier molecular flexibility index (Phi) is 2.52. The summed E-state index contributed by atoms with van der Waals surface area (Å²) in [4.78, 5) is 12.0. The Morgan fingerprint density at radius 3 is 2.95 bits per heavy atom. The van der Waals surface area contributed by atoms with Gasteiger partial charge in [0.25, 0.3) is 5.56 Å². The van der Waals surface area contributed by atoms with Crippen LogP contribution in [0, 0.1) is 11.8 Å². The maximum absolute atomic E-state index is 12.0. The van der Waals surface area contributed by atoms with Crippen molar-refractivity contribution >= 4 is 10.9 Å². The van der Waals surface area contributed by atoms with E-state index < -0.39 is 0 Å². The fraction of sp³-hybridized carbons (Fsp3) is 0.533. The van der Waals surface area contributed by atoms with Crippen molar-refractivity contribution in [3.8, 4) is 0 Å². The lowest BCUT2D eigenvalue weighted by Gasteiger charge is -2.28. The molecule has 0 amide bonds. The topological polar surface area (TPSA) is 49.8 Å². The Balaban J connectivity index is 1.80. The summed E-state index contributed by atoms with van der Waals surface area (Å²) in [5.41, 5.74) is 1.05. The van der Waals surface area contributed by atoms with Gasteiger partial charge >= 0.3 is 0 Å². The van der Waals surface area contributed by atoms with Crippen molar-refractivity contribution in [1.29, 1.82) is 0 Å². The van der Waals surface area contributed by atoms with Gasteiger partial charge in [-0.2, -0.15) is 0 Å². The van der Waals surface area contributed by atoms with Gasteiger partial charge in [0.2, 0.25) is 0 Å². The average molecular weight is 257 g/mol. The molecule has 2 aromatic rings. The minimum atomic E-state index is 0.0247. The molecular weight excluding hydrogens is 238 g/mol. The number of fused-ring (bicyclic) bond motifs is 2. The van der Waals surface area contributed by atoms with Gasteiger partial charge in [-0.1, -0.05) is 25.0 Å². The molecule has 0 bridgehead atoms. The Morgan fingerprint density at radius 1 is 1.16 bits per heavy atom. The predicted molar refractivity (Wildman–Crippen MR) is 75.0 cm³/mol. The smallest absolute Gasteiger partial charge is 0.272 e. The van der Waals surface area contributed by atoms with E-state index in [2.05, 4.69) is 15.1 Å². The fourth-order valence-electron chi connectivity index (χ4n) is 3.94. The average Bonchev–Trinajstić information content (AvgIpc) is 3.01. The molecule has 2 N–H and O–H groups in total. The highest BCUT2D eigenvalue weighted by molar-refractivity contribution is 5.78. The van der Waals surface area contributed by atoms with E-state index in [-0.39, 0.29) is 11.7 Å². The van der Waals surface area contributed by atoms with Crippen molar-refractivity contribution < 1.29 is 0 Å². The number of rotatable bonds is 1. The van der Waals surface area contributed by atoms with Crippen LogP contribution < -0.4 is 10.9 Å². The standard InChI is InChI=1S/C15H19N3O/c19-15-12-7-3-4-8-13(12)18(17-15)14-11-6-2-1-5-10(11)9-16-14/h3-4,7-8,10-11,14,16H,1-2,5-6,9H2,(H,17,19). The molecule has 4 heteroatoms. The molecule has 3 atom stereocenters. The van der Waals surface area contributed by atoms with Gasteiger partial charge in [0, 0.05) is 6.54 Å². The molecule has 2 aliphatic rings. The van der Waals surface area contributed by atoms with E-state index in [9.17, 15) is 4.79 Å². The van der Waals surface area contributed by atoms with Gasteiger partial charge in [-0.05, 0) is 36.8 Å². The lowest BCUT2D eigenvalue weighted by molar-refractivity contribution is 0.221. The second-order valence-electron chi connectivity index (χ2n) is 5.89. The van der Waals surface area contributed by atoms with Gasteiger partial charge < -0.3 is 0 Å². The first-order chi connectivity index (χ1) is 9.34. The second-order valence-corrected chi connectivity index (χ2v) is 5.89. The summed E-state index contributed by atoms with van der Waals surface area (Å²) in [6.07, 6.45) is 5.55. The third-order valence-electron chi connectivity index (χ3n) is 4.87. The third-order valence-corrected chi connectivity index (χ3v) is 4.87. The minimum absolute atomic E-state index is 0.0247. The Morgan fingerprint density at radius 2 is 2.00 bits per heavy atom. The Bertz CT molecular complexity index is 657. The third kappa shape index (κ3) is 1.66. The molecule has 1 saturated heterocycles. The Labute approximate surface area is 111 Å². The number of nitrogens with one attached hydrogen (secondary N) is 2. The first-order valence-electron chi connectivity index (χ1n) is 7.27. The van der Waals surface area contributed by atoms with Gasteiger partial charge in [0.1, 0.15) is 6.17 Å². The lowest BCUT2D eigenvalue weighted by Crippen LogP contribution is -2.28. The molecule has 0 spiro atoms. The summed E-state index contributed by atoms with van der Waals surface area (Å²) >= 11 is 0. The minimum Gasteiger partial charge on any atom is -0.295 e. The number of nitrogens with zero attached hydrogens (tertiary/aromatic N) is 1. The van der Waals surface area contributed by atoms with Crippen molar-refractivity contribution in [1.82, 2.24) is 15.1 Å². The summed E-state index contributed by atoms with van der Waals surface area (Å²) in [6, 6.07) is 7.86. The van der Waals surface area contributed by atoms with Crippen LogP contribution in [0.3, 0.4) is 0 Å². The van der Waals surface area contributed by atoms with E-state index in [4.69, 9.17) is 0 Å². The number of para-hydroxylation sites is 1. The fourth-order valence-corrected chi connectivity index (χ4v) is 3.94. The van der Waals surface area contributed by atoms with Crippen LogP contribution in [0.4, 0.5) is 0 Å². The zero-order valence-electron chi connectivity index (χ0n) is 10.9. The van der Waals surface area contributed by atoms with Crippen molar-refractivity contribution in [3.63, 3.8) is 0 Å². The van der Waals surface area contributed by atoms with Crippen molar-refractivity contribution in [3.05, 3.63) is 34.6 Å². The molecule has 3 unspecified atom stereocenters. The zero-order valence-corrected chi connectivity index (χ0v) is 10.9. The summed E-state index contributed by atoms with van der Waals surface area (Å²) in [5.74, 6) is 1.45. The molecule has 4 rings (SSSR count). The van der Waals surface area contributed by atoms with E-state index in [1.54, 1.807) is 0 Å². The molecule has 2 heterocycles. The first-order valence-corrected chi connectivity index (χ1v) is 7.27.